The van der Waals surface area contributed by atoms with E-state index in [0.717, 1.165) is 29.9 Å². The minimum absolute atomic E-state index is 0.0165. The fraction of sp³-hybridized carbons (Fsp3) is 0.250. The Morgan fingerprint density at radius 3 is 2.61 bits per heavy atom. The van der Waals surface area contributed by atoms with Gasteiger partial charge in [-0.15, -0.1) is 11.6 Å². The number of amides is 1. The molecule has 1 fully saturated rings. The van der Waals surface area contributed by atoms with Gasteiger partial charge in [-0.1, -0.05) is 18.2 Å². The molecule has 0 radical (unpaired) electrons. The van der Waals surface area contributed by atoms with Crippen LogP contribution in [-0.4, -0.2) is 49.5 Å². The minimum atomic E-state index is -0.0683. The molecule has 9 heteroatoms. The molecule has 2 aromatic carbocycles. The fourth-order valence-corrected chi connectivity index (χ4v) is 4.39. The number of benzene rings is 2. The van der Waals surface area contributed by atoms with E-state index in [9.17, 15) is 4.79 Å². The normalized spacial score (nSPS) is 16.2. The molecule has 0 aliphatic carbocycles. The fourth-order valence-electron chi connectivity index (χ4n) is 4.22. The number of alkyl halides is 1. The molecule has 2 aromatic heterocycles. The highest BCUT2D eigenvalue weighted by atomic mass is 35.5. The largest absolute Gasteiger partial charge is 0.457 e. The number of hydrogen-bond donors (Lipinski definition) is 1. The Morgan fingerprint density at radius 2 is 1.85 bits per heavy atom. The van der Waals surface area contributed by atoms with Crippen LogP contribution in [0.25, 0.3) is 22.3 Å². The van der Waals surface area contributed by atoms with Crippen molar-refractivity contribution >= 4 is 34.4 Å². The van der Waals surface area contributed by atoms with Crippen LogP contribution >= 0.6 is 11.6 Å². The number of aromatic nitrogens is 4. The van der Waals surface area contributed by atoms with Crippen molar-refractivity contribution < 1.29 is 9.53 Å². The zero-order valence-corrected chi connectivity index (χ0v) is 18.7. The van der Waals surface area contributed by atoms with E-state index in [4.69, 9.17) is 27.2 Å². The molecule has 0 spiro atoms. The lowest BCUT2D eigenvalue weighted by Crippen LogP contribution is -2.41. The van der Waals surface area contributed by atoms with Gasteiger partial charge in [0.1, 0.15) is 35.2 Å². The van der Waals surface area contributed by atoms with Gasteiger partial charge in [0.05, 0.1) is 11.4 Å². The molecule has 168 valence electrons. The minimum Gasteiger partial charge on any atom is -0.457 e. The molecule has 1 amide bonds. The molecule has 0 unspecified atom stereocenters. The third kappa shape index (κ3) is 4.21. The number of nitrogens with zero attached hydrogens (tertiary/aromatic N) is 5. The molecule has 33 heavy (non-hydrogen) atoms. The summed E-state index contributed by atoms with van der Waals surface area (Å²) in [6.07, 6.45) is 3.20. The second-order valence-corrected chi connectivity index (χ2v) is 8.23. The van der Waals surface area contributed by atoms with E-state index in [-0.39, 0.29) is 17.8 Å². The van der Waals surface area contributed by atoms with Crippen LogP contribution in [0.4, 0.5) is 5.82 Å². The van der Waals surface area contributed by atoms with Crippen LogP contribution in [-0.2, 0) is 4.79 Å². The first-order chi connectivity index (χ1) is 16.1. The first-order valence-electron chi connectivity index (χ1n) is 10.8. The summed E-state index contributed by atoms with van der Waals surface area (Å²) in [6.45, 7) is 1.24. The number of ether oxygens (including phenoxy) is 1. The van der Waals surface area contributed by atoms with Crippen molar-refractivity contribution in [1.29, 1.82) is 0 Å². The van der Waals surface area contributed by atoms with E-state index >= 15 is 0 Å². The van der Waals surface area contributed by atoms with Crippen molar-refractivity contribution in [3.05, 3.63) is 60.9 Å². The van der Waals surface area contributed by atoms with Crippen molar-refractivity contribution in [1.82, 2.24) is 24.6 Å². The predicted molar refractivity (Wildman–Crippen MR) is 127 cm³/mol. The summed E-state index contributed by atoms with van der Waals surface area (Å²) >= 11 is 5.78. The van der Waals surface area contributed by atoms with Crippen LogP contribution < -0.4 is 10.5 Å². The summed E-state index contributed by atoms with van der Waals surface area (Å²) in [5, 5.41) is 5.60. The standard InChI is InChI=1S/C24H23ClN6O2/c25-13-20(32)30-12-4-5-17(14-30)31-24-21(23(26)27-15-28-24)22(29-31)16-8-10-19(11-9-16)33-18-6-2-1-3-7-18/h1-3,6-11,15,17H,4-5,12-14H2,(H2,26,27,28)/t17-/m1/s1. The van der Waals surface area contributed by atoms with Gasteiger partial charge in [0.25, 0.3) is 0 Å². The SMILES string of the molecule is Nc1ncnc2c1c(-c1ccc(Oc3ccccc3)cc1)nn2[C@@H]1CCCN(C(=O)CCl)C1. The van der Waals surface area contributed by atoms with Crippen molar-refractivity contribution in [2.24, 2.45) is 0 Å². The van der Waals surface area contributed by atoms with Crippen LogP contribution in [0.15, 0.2) is 60.9 Å². The Bertz CT molecular complexity index is 1280. The molecule has 1 aliphatic rings. The number of halogens is 1. The van der Waals surface area contributed by atoms with E-state index in [1.165, 1.54) is 6.33 Å². The van der Waals surface area contributed by atoms with Crippen LogP contribution in [0, 0.1) is 0 Å². The van der Waals surface area contributed by atoms with Crippen molar-refractivity contribution in [2.75, 3.05) is 24.7 Å². The van der Waals surface area contributed by atoms with Crippen molar-refractivity contribution in [3.63, 3.8) is 0 Å². The lowest BCUT2D eigenvalue weighted by atomic mass is 10.1. The highest BCUT2D eigenvalue weighted by Gasteiger charge is 2.28. The van der Waals surface area contributed by atoms with Gasteiger partial charge in [-0.2, -0.15) is 5.10 Å². The second-order valence-electron chi connectivity index (χ2n) is 7.96. The number of nitrogen functional groups attached to an aromatic ring is 1. The van der Waals surface area contributed by atoms with E-state index in [0.29, 0.717) is 35.6 Å². The highest BCUT2D eigenvalue weighted by Crippen LogP contribution is 2.34. The number of hydrogen-bond acceptors (Lipinski definition) is 6. The number of fused-ring (bicyclic) bond motifs is 1. The number of carbonyl (C=O) groups is 1. The molecule has 0 saturated carbocycles. The first-order valence-corrected chi connectivity index (χ1v) is 11.3. The van der Waals surface area contributed by atoms with E-state index in [1.807, 2.05) is 59.3 Å². The number of carbonyl (C=O) groups excluding carboxylic acids is 1. The van der Waals surface area contributed by atoms with E-state index in [2.05, 4.69) is 9.97 Å². The summed E-state index contributed by atoms with van der Waals surface area (Å²) in [5.41, 5.74) is 8.50. The number of anilines is 1. The lowest BCUT2D eigenvalue weighted by Gasteiger charge is -2.32. The van der Waals surface area contributed by atoms with Crippen LogP contribution in [0.1, 0.15) is 18.9 Å². The van der Waals surface area contributed by atoms with Gasteiger partial charge in [-0.05, 0) is 49.2 Å². The summed E-state index contributed by atoms with van der Waals surface area (Å²) < 4.78 is 7.78. The number of para-hydroxylation sites is 1. The smallest absolute Gasteiger partial charge is 0.237 e. The monoisotopic (exact) mass is 462 g/mol. The van der Waals surface area contributed by atoms with Crippen LogP contribution in [0.5, 0.6) is 11.5 Å². The molecule has 5 rings (SSSR count). The van der Waals surface area contributed by atoms with Gasteiger partial charge < -0.3 is 15.4 Å². The predicted octanol–water partition coefficient (Wildman–Crippen LogP) is 4.27. The van der Waals surface area contributed by atoms with Crippen molar-refractivity contribution in [2.45, 2.75) is 18.9 Å². The summed E-state index contributed by atoms with van der Waals surface area (Å²) in [6, 6.07) is 17.3. The average molecular weight is 463 g/mol. The molecule has 1 saturated heterocycles. The molecule has 2 N–H and O–H groups in total. The Morgan fingerprint density at radius 1 is 1.09 bits per heavy atom. The maximum atomic E-state index is 12.2. The third-order valence-electron chi connectivity index (χ3n) is 5.83. The molecular formula is C24H23ClN6O2. The van der Waals surface area contributed by atoms with Gasteiger partial charge in [0.15, 0.2) is 5.65 Å². The summed E-state index contributed by atoms with van der Waals surface area (Å²) in [4.78, 5) is 22.6. The highest BCUT2D eigenvalue weighted by molar-refractivity contribution is 6.27. The maximum absolute atomic E-state index is 12.2. The maximum Gasteiger partial charge on any atom is 0.237 e. The van der Waals surface area contributed by atoms with Gasteiger partial charge in [0, 0.05) is 18.7 Å². The quantitative estimate of drug-likeness (QED) is 0.444. The third-order valence-corrected chi connectivity index (χ3v) is 6.06. The molecule has 4 aromatic rings. The number of rotatable bonds is 5. The molecule has 1 aliphatic heterocycles. The Labute approximate surface area is 196 Å². The van der Waals surface area contributed by atoms with E-state index in [1.54, 1.807) is 4.90 Å². The zero-order chi connectivity index (χ0) is 22.8. The van der Waals surface area contributed by atoms with Gasteiger partial charge >= 0.3 is 0 Å². The lowest BCUT2D eigenvalue weighted by molar-refractivity contribution is -0.130. The number of nitrogens with two attached hydrogens (primary N) is 1. The second kappa shape index (κ2) is 9.07. The number of piperidine rings is 1. The summed E-state index contributed by atoms with van der Waals surface area (Å²) in [5.74, 6) is 1.77. The Balaban J connectivity index is 1.49. The Hall–Kier alpha value is -3.65. The van der Waals surface area contributed by atoms with Gasteiger partial charge in [-0.3, -0.25) is 4.79 Å². The summed E-state index contributed by atoms with van der Waals surface area (Å²) in [7, 11) is 0. The molecule has 1 atom stereocenters. The number of likely N-dealkylation sites (tertiary alicyclic amines) is 1. The molecule has 0 bridgehead atoms. The van der Waals surface area contributed by atoms with Crippen LogP contribution in [0.2, 0.25) is 0 Å². The van der Waals surface area contributed by atoms with Crippen molar-refractivity contribution in [3.8, 4) is 22.8 Å². The molecule has 8 nitrogen and oxygen atoms in total. The van der Waals surface area contributed by atoms with Gasteiger partial charge in [-0.25, -0.2) is 14.6 Å². The average Bonchev–Trinajstić information content (AvgIpc) is 3.26. The molecular weight excluding hydrogens is 440 g/mol. The van der Waals surface area contributed by atoms with Crippen LogP contribution in [0.3, 0.4) is 0 Å². The zero-order valence-electron chi connectivity index (χ0n) is 17.9. The Kier molecular flexibility index (Phi) is 5.83. The van der Waals surface area contributed by atoms with E-state index < -0.39 is 0 Å². The first kappa shape index (κ1) is 21.2. The molecule has 3 heterocycles. The van der Waals surface area contributed by atoms with Gasteiger partial charge in [0.2, 0.25) is 5.91 Å². The topological polar surface area (TPSA) is 99.2 Å².